The van der Waals surface area contributed by atoms with Gasteiger partial charge in [-0.2, -0.15) is 0 Å². The summed E-state index contributed by atoms with van der Waals surface area (Å²) >= 11 is 1.68. The largest absolute Gasteiger partial charge is 0.385 e. The minimum absolute atomic E-state index is 0.0545. The number of ether oxygens (including phenoxy) is 1. The molecule has 9 nitrogen and oxygen atoms in total. The highest BCUT2D eigenvalue weighted by molar-refractivity contribution is 8.14. The van der Waals surface area contributed by atoms with Gasteiger partial charge in [0.05, 0.1) is 22.4 Å². The van der Waals surface area contributed by atoms with Gasteiger partial charge in [0.1, 0.15) is 6.10 Å². The topological polar surface area (TPSA) is 152 Å². The third-order valence-corrected chi connectivity index (χ3v) is 11.4. The van der Waals surface area contributed by atoms with Crippen LogP contribution in [0.1, 0.15) is 65.7 Å². The van der Waals surface area contributed by atoms with Gasteiger partial charge in [0.2, 0.25) is 16.0 Å². The highest BCUT2D eigenvalue weighted by atomic mass is 32.2. The molecule has 3 aliphatic rings. The Morgan fingerprint density at radius 2 is 2.00 bits per heavy atom. The van der Waals surface area contributed by atoms with Crippen molar-refractivity contribution in [3.8, 4) is 0 Å². The fraction of sp³-hybridized carbons (Fsp3) is 0.913. The molecule has 0 bridgehead atoms. The van der Waals surface area contributed by atoms with E-state index in [1.165, 1.54) is 12.8 Å². The van der Waals surface area contributed by atoms with Gasteiger partial charge in [-0.1, -0.05) is 33.6 Å². The van der Waals surface area contributed by atoms with Crippen LogP contribution in [0.4, 0.5) is 0 Å². The quantitative estimate of drug-likeness (QED) is 0.207. The van der Waals surface area contributed by atoms with Crippen molar-refractivity contribution in [1.29, 1.82) is 0 Å². The van der Waals surface area contributed by atoms with Crippen molar-refractivity contribution in [1.82, 2.24) is 4.72 Å². The molecule has 0 aromatic rings. The molecular weight excluding hydrogens is 474 g/mol. The van der Waals surface area contributed by atoms with Crippen LogP contribution in [0.5, 0.6) is 0 Å². The number of fused-ring (bicyclic) bond motifs is 1. The molecule has 1 heterocycles. The number of hydrogen-bond donors (Lipinski definition) is 4. The van der Waals surface area contributed by atoms with E-state index in [4.69, 9.17) is 21.2 Å². The van der Waals surface area contributed by atoms with Crippen molar-refractivity contribution in [2.24, 2.45) is 39.2 Å². The number of hydrogen-bond acceptors (Lipinski definition) is 8. The maximum Gasteiger partial charge on any atom is 0.238 e. The van der Waals surface area contributed by atoms with Crippen LogP contribution in [-0.2, 0) is 14.8 Å². The molecular formula is C23H43N5O4S2. The van der Waals surface area contributed by atoms with Crippen LogP contribution in [0.25, 0.3) is 0 Å². The summed E-state index contributed by atoms with van der Waals surface area (Å²) in [6.07, 6.45) is 5.80. The highest BCUT2D eigenvalue weighted by Crippen LogP contribution is 2.39. The van der Waals surface area contributed by atoms with Crippen LogP contribution in [0.3, 0.4) is 0 Å². The second-order valence-corrected chi connectivity index (χ2v) is 13.4. The van der Waals surface area contributed by atoms with Crippen LogP contribution >= 0.6 is 11.8 Å². The number of aliphatic imine (C=N–C) groups is 2. The van der Waals surface area contributed by atoms with Gasteiger partial charge in [-0.05, 0) is 49.9 Å². The zero-order valence-electron chi connectivity index (χ0n) is 20.9. The Kier molecular flexibility index (Phi) is 9.70. The van der Waals surface area contributed by atoms with Crippen LogP contribution in [0.2, 0.25) is 0 Å². The van der Waals surface area contributed by atoms with Gasteiger partial charge in [0, 0.05) is 24.9 Å². The number of methoxy groups -OCH3 is 1. The van der Waals surface area contributed by atoms with E-state index in [0.717, 1.165) is 17.9 Å². The average Bonchev–Trinajstić information content (AvgIpc) is 3.22. The smallest absolute Gasteiger partial charge is 0.238 e. The molecule has 9 atom stereocenters. The van der Waals surface area contributed by atoms with E-state index in [1.54, 1.807) is 18.9 Å². The summed E-state index contributed by atoms with van der Waals surface area (Å²) < 4.78 is 34.1. The first-order valence-electron chi connectivity index (χ1n) is 12.6. The van der Waals surface area contributed by atoms with Gasteiger partial charge in [-0.25, -0.2) is 8.42 Å². The summed E-state index contributed by atoms with van der Waals surface area (Å²) in [5.41, 5.74) is 12.1. The Morgan fingerprint density at radius 1 is 1.29 bits per heavy atom. The number of aliphatic hydroxyl groups excluding tert-OH is 1. The normalized spacial score (nSPS) is 36.5. The molecule has 0 aromatic carbocycles. The molecule has 9 unspecified atom stereocenters. The Hall–Kier alpha value is -0.880. The Morgan fingerprint density at radius 3 is 2.68 bits per heavy atom. The lowest BCUT2D eigenvalue weighted by atomic mass is 9.74. The van der Waals surface area contributed by atoms with Crippen LogP contribution < -0.4 is 16.2 Å². The summed E-state index contributed by atoms with van der Waals surface area (Å²) in [6.45, 7) is 6.27. The number of guanidine groups is 1. The molecule has 34 heavy (non-hydrogen) atoms. The summed E-state index contributed by atoms with van der Waals surface area (Å²) in [5, 5.41) is 11.3. The number of thioether (sulfide) groups is 1. The van der Waals surface area contributed by atoms with Gasteiger partial charge in [0.25, 0.3) is 0 Å². The third-order valence-electron chi connectivity index (χ3n) is 7.88. The Bertz CT molecular complexity index is 852. The van der Waals surface area contributed by atoms with Crippen molar-refractivity contribution in [3.05, 3.63) is 0 Å². The third kappa shape index (κ3) is 6.46. The standard InChI is InChI=1S/C23H43N5O4S2/c1-13-12-18(32-4)14(2)15(3)21(13)34(30,31)28-23(25)26-11-7-8-16(24)20(29)22-27-17-9-5-6-10-19(17)33-22/h13-21,29H,5-12,24H2,1-4H3,(H3,25,26,28). The van der Waals surface area contributed by atoms with E-state index < -0.39 is 27.4 Å². The predicted octanol–water partition coefficient (Wildman–Crippen LogP) is 1.84. The highest BCUT2D eigenvalue weighted by Gasteiger charge is 2.45. The predicted molar refractivity (Wildman–Crippen MR) is 140 cm³/mol. The number of nitrogens with one attached hydrogen (secondary N) is 1. The maximum atomic E-state index is 13.1. The minimum atomic E-state index is -3.68. The lowest BCUT2D eigenvalue weighted by Crippen LogP contribution is -2.53. The van der Waals surface area contributed by atoms with Crippen molar-refractivity contribution >= 4 is 32.8 Å². The maximum absolute atomic E-state index is 13.1. The molecule has 196 valence electrons. The second-order valence-electron chi connectivity index (χ2n) is 10.3. The number of aliphatic hydroxyl groups is 1. The average molecular weight is 518 g/mol. The van der Waals surface area contributed by atoms with E-state index in [9.17, 15) is 13.5 Å². The summed E-state index contributed by atoms with van der Waals surface area (Å²) in [4.78, 5) is 8.92. The van der Waals surface area contributed by atoms with Gasteiger partial charge in [0.15, 0.2) is 0 Å². The Balaban J connectivity index is 1.47. The van der Waals surface area contributed by atoms with E-state index >= 15 is 0 Å². The number of sulfonamides is 1. The van der Waals surface area contributed by atoms with Crippen LogP contribution in [0, 0.1) is 17.8 Å². The monoisotopic (exact) mass is 517 g/mol. The minimum Gasteiger partial charge on any atom is -0.385 e. The molecule has 3 rings (SSSR count). The molecule has 0 saturated heterocycles. The molecule has 11 heteroatoms. The number of nitrogens with zero attached hydrogens (tertiary/aromatic N) is 2. The number of nitrogens with two attached hydrogens (primary N) is 2. The molecule has 0 radical (unpaired) electrons. The van der Waals surface area contributed by atoms with Crippen molar-refractivity contribution in [3.63, 3.8) is 0 Å². The Labute approximate surface area is 209 Å². The summed E-state index contributed by atoms with van der Waals surface area (Å²) in [7, 11) is -2.00. The van der Waals surface area contributed by atoms with Crippen LogP contribution in [-0.4, -0.2) is 73.0 Å². The first kappa shape index (κ1) is 27.7. The molecule has 6 N–H and O–H groups in total. The fourth-order valence-electron chi connectivity index (χ4n) is 5.74. The molecule has 0 spiro atoms. The fourth-order valence-corrected chi connectivity index (χ4v) is 9.23. The van der Waals surface area contributed by atoms with Gasteiger partial charge < -0.3 is 21.3 Å². The molecule has 2 fully saturated rings. The van der Waals surface area contributed by atoms with Crippen molar-refractivity contribution < 1.29 is 18.3 Å². The van der Waals surface area contributed by atoms with E-state index in [-0.39, 0.29) is 29.8 Å². The first-order valence-corrected chi connectivity index (χ1v) is 15.0. The summed E-state index contributed by atoms with van der Waals surface area (Å²) in [5.74, 6) is -0.102. The van der Waals surface area contributed by atoms with Crippen molar-refractivity contribution in [2.45, 2.75) is 101 Å². The molecule has 2 aliphatic carbocycles. The lowest BCUT2D eigenvalue weighted by Gasteiger charge is -2.42. The molecule has 2 saturated carbocycles. The molecule has 0 amide bonds. The van der Waals surface area contributed by atoms with Crippen molar-refractivity contribution in [2.75, 3.05) is 13.7 Å². The van der Waals surface area contributed by atoms with Crippen LogP contribution in [0.15, 0.2) is 9.98 Å². The van der Waals surface area contributed by atoms with Gasteiger partial charge in [-0.3, -0.25) is 14.7 Å². The number of rotatable bonds is 9. The molecule has 1 aliphatic heterocycles. The SMILES string of the molecule is COC1CC(C)C(S(=O)(=O)NC(N)=NCCCC(N)C(O)C2=NC3CCCCC3S2)C(C)C1C. The van der Waals surface area contributed by atoms with E-state index in [2.05, 4.69) is 9.71 Å². The molecule has 0 aromatic heterocycles. The lowest BCUT2D eigenvalue weighted by molar-refractivity contribution is -0.00789. The summed E-state index contributed by atoms with van der Waals surface area (Å²) in [6, 6.07) is -0.107. The van der Waals surface area contributed by atoms with Gasteiger partial charge in [-0.15, -0.1) is 11.8 Å². The first-order chi connectivity index (χ1) is 16.0. The van der Waals surface area contributed by atoms with E-state index in [0.29, 0.717) is 37.1 Å². The zero-order chi connectivity index (χ0) is 25.0. The van der Waals surface area contributed by atoms with E-state index in [1.807, 2.05) is 20.8 Å². The second kappa shape index (κ2) is 11.9. The zero-order valence-corrected chi connectivity index (χ0v) is 22.5. The van der Waals surface area contributed by atoms with Gasteiger partial charge >= 0.3 is 0 Å².